The molecule has 8 heteroatoms. The second-order valence-electron chi connectivity index (χ2n) is 7.65. The monoisotopic (exact) mass is 467 g/mol. The molecule has 1 N–H and O–H groups in total. The Labute approximate surface area is 193 Å². The van der Waals surface area contributed by atoms with Crippen molar-refractivity contribution in [3.63, 3.8) is 0 Å². The number of aliphatic carboxylic acids is 1. The number of hydrogen-bond acceptors (Lipinski definition) is 4. The summed E-state index contributed by atoms with van der Waals surface area (Å²) < 4.78 is 49.5. The second-order valence-corrected chi connectivity index (χ2v) is 7.65. The van der Waals surface area contributed by atoms with Gasteiger partial charge in [-0.3, -0.25) is 4.79 Å². The van der Waals surface area contributed by atoms with E-state index in [1.165, 1.54) is 24.6 Å². The van der Waals surface area contributed by atoms with E-state index in [2.05, 4.69) is 4.98 Å². The van der Waals surface area contributed by atoms with E-state index in [-0.39, 0.29) is 13.0 Å². The molecule has 1 aromatic heterocycles. The van der Waals surface area contributed by atoms with E-state index in [0.29, 0.717) is 17.2 Å². The maximum Gasteiger partial charge on any atom is 0.416 e. The predicted octanol–water partition coefficient (Wildman–Crippen LogP) is 6.55. The van der Waals surface area contributed by atoms with E-state index >= 15 is 0 Å². The van der Waals surface area contributed by atoms with Crippen LogP contribution in [-0.2, 0) is 17.6 Å². The zero-order valence-electron chi connectivity index (χ0n) is 17.8. The molecule has 5 nitrogen and oxygen atoms in total. The normalized spacial score (nSPS) is 12.3. The Morgan fingerprint density at radius 1 is 1.00 bits per heavy atom. The number of carbonyl (C=O) groups is 1. The van der Waals surface area contributed by atoms with Crippen LogP contribution < -0.4 is 4.74 Å². The van der Waals surface area contributed by atoms with Gasteiger partial charge in [-0.25, -0.2) is 4.98 Å². The average Bonchev–Trinajstić information content (AvgIpc) is 3.36. The van der Waals surface area contributed by atoms with Crippen molar-refractivity contribution in [1.82, 2.24) is 4.98 Å². The summed E-state index contributed by atoms with van der Waals surface area (Å²) in [7, 11) is 0. The van der Waals surface area contributed by atoms with E-state index in [0.717, 1.165) is 28.8 Å². The third kappa shape index (κ3) is 5.64. The first kappa shape index (κ1) is 23.1. The molecule has 0 bridgehead atoms. The lowest BCUT2D eigenvalue weighted by Gasteiger charge is -2.13. The van der Waals surface area contributed by atoms with Crippen LogP contribution in [0.1, 0.15) is 34.9 Å². The highest BCUT2D eigenvalue weighted by Crippen LogP contribution is 2.32. The Kier molecular flexibility index (Phi) is 6.67. The molecule has 4 aromatic rings. The number of oxazole rings is 1. The zero-order chi connectivity index (χ0) is 24.1. The summed E-state index contributed by atoms with van der Waals surface area (Å²) in [5.74, 6) is -0.556. The molecule has 3 aromatic carbocycles. The van der Waals surface area contributed by atoms with Gasteiger partial charge >= 0.3 is 12.1 Å². The summed E-state index contributed by atoms with van der Waals surface area (Å²) in [6.07, 6.45) is -1.65. The van der Waals surface area contributed by atoms with Crippen LogP contribution in [0.4, 0.5) is 13.2 Å². The number of hydrogen-bond donors (Lipinski definition) is 1. The molecule has 0 spiro atoms. The van der Waals surface area contributed by atoms with Crippen molar-refractivity contribution in [2.75, 3.05) is 0 Å². The van der Waals surface area contributed by atoms with Gasteiger partial charge in [0.1, 0.15) is 18.6 Å². The fraction of sp³-hybridized carbons (Fsp3) is 0.154. The summed E-state index contributed by atoms with van der Waals surface area (Å²) in [6.45, 7) is 0.256. The van der Waals surface area contributed by atoms with Crippen LogP contribution in [0.15, 0.2) is 89.7 Å². The van der Waals surface area contributed by atoms with E-state index in [1.54, 1.807) is 24.3 Å². The SMILES string of the molecule is O=C(O)C[C@@H](c1ccc(OCc2cccc(-c3ccc(C(F)(F)F)cc3)c2)cc1)c1ncco1. The lowest BCUT2D eigenvalue weighted by molar-refractivity contribution is -0.138. The molecular formula is C26H20F3NO4. The predicted molar refractivity (Wildman–Crippen MR) is 118 cm³/mol. The van der Waals surface area contributed by atoms with Crippen molar-refractivity contribution >= 4 is 5.97 Å². The van der Waals surface area contributed by atoms with E-state index < -0.39 is 23.6 Å². The number of benzene rings is 3. The molecule has 0 saturated carbocycles. The standard InChI is InChI=1S/C26H20F3NO4/c27-26(28,29)21-8-4-18(5-9-21)20-3-1-2-17(14-20)16-34-22-10-6-19(7-11-22)23(15-24(31)32)25-30-12-13-33-25/h1-14,23H,15-16H2,(H,31,32)/t23-/m0/s1. The fourth-order valence-electron chi connectivity index (χ4n) is 3.58. The Bertz CT molecular complexity index is 1230. The maximum absolute atomic E-state index is 12.8. The molecule has 34 heavy (non-hydrogen) atoms. The number of carboxylic acids is 1. The molecule has 174 valence electrons. The van der Waals surface area contributed by atoms with Crippen molar-refractivity contribution in [2.24, 2.45) is 0 Å². The van der Waals surface area contributed by atoms with Gasteiger partial charge in [-0.05, 0) is 52.6 Å². The molecule has 0 amide bonds. The molecule has 0 saturated heterocycles. The van der Waals surface area contributed by atoms with Crippen LogP contribution in [-0.4, -0.2) is 16.1 Å². The summed E-state index contributed by atoms with van der Waals surface area (Å²) in [5.41, 5.74) is 2.36. The smallest absolute Gasteiger partial charge is 0.416 e. The van der Waals surface area contributed by atoms with Gasteiger partial charge in [0.2, 0.25) is 5.89 Å². The number of nitrogens with zero attached hydrogens (tertiary/aromatic N) is 1. The van der Waals surface area contributed by atoms with Crippen molar-refractivity contribution in [1.29, 1.82) is 0 Å². The topological polar surface area (TPSA) is 72.6 Å². The average molecular weight is 467 g/mol. The molecule has 4 rings (SSSR count). The first-order valence-corrected chi connectivity index (χ1v) is 10.4. The lowest BCUT2D eigenvalue weighted by atomic mass is 9.95. The number of alkyl halides is 3. The molecule has 0 fully saturated rings. The quantitative estimate of drug-likeness (QED) is 0.318. The van der Waals surface area contributed by atoms with Crippen LogP contribution in [0.2, 0.25) is 0 Å². The van der Waals surface area contributed by atoms with E-state index in [4.69, 9.17) is 9.15 Å². The Hall–Kier alpha value is -4.07. The van der Waals surface area contributed by atoms with Gasteiger partial charge in [-0.2, -0.15) is 13.2 Å². The van der Waals surface area contributed by atoms with Crippen LogP contribution in [0.5, 0.6) is 5.75 Å². The van der Waals surface area contributed by atoms with Gasteiger partial charge in [0.05, 0.1) is 24.1 Å². The van der Waals surface area contributed by atoms with E-state index in [9.17, 15) is 23.1 Å². The molecule has 1 atom stereocenters. The second kappa shape index (κ2) is 9.82. The molecule has 0 aliphatic carbocycles. The van der Waals surface area contributed by atoms with Gasteiger partial charge in [0.25, 0.3) is 0 Å². The highest BCUT2D eigenvalue weighted by molar-refractivity contribution is 5.68. The highest BCUT2D eigenvalue weighted by atomic mass is 19.4. The molecule has 0 aliphatic rings. The van der Waals surface area contributed by atoms with E-state index in [1.807, 2.05) is 24.3 Å². The maximum atomic E-state index is 12.8. The summed E-state index contributed by atoms with van der Waals surface area (Å²) >= 11 is 0. The van der Waals surface area contributed by atoms with Crippen molar-refractivity contribution < 1.29 is 32.2 Å². The minimum absolute atomic E-state index is 0.155. The lowest BCUT2D eigenvalue weighted by Crippen LogP contribution is -2.08. The molecule has 0 aliphatic heterocycles. The minimum Gasteiger partial charge on any atom is -0.489 e. The number of ether oxygens (including phenoxy) is 1. The van der Waals surface area contributed by atoms with Gasteiger partial charge < -0.3 is 14.3 Å². The minimum atomic E-state index is -4.37. The van der Waals surface area contributed by atoms with Crippen LogP contribution >= 0.6 is 0 Å². The number of carboxylic acid groups (broad SMARTS) is 1. The fourth-order valence-corrected chi connectivity index (χ4v) is 3.58. The van der Waals surface area contributed by atoms with Crippen LogP contribution in [0.3, 0.4) is 0 Å². The number of aromatic nitrogens is 1. The van der Waals surface area contributed by atoms with Crippen LogP contribution in [0, 0.1) is 0 Å². The van der Waals surface area contributed by atoms with Gasteiger partial charge in [0, 0.05) is 0 Å². The molecular weight excluding hydrogens is 447 g/mol. The zero-order valence-corrected chi connectivity index (χ0v) is 17.8. The summed E-state index contributed by atoms with van der Waals surface area (Å²) in [4.78, 5) is 15.3. The first-order chi connectivity index (χ1) is 16.3. The van der Waals surface area contributed by atoms with Gasteiger partial charge in [0.15, 0.2) is 0 Å². The van der Waals surface area contributed by atoms with Crippen molar-refractivity contribution in [3.8, 4) is 16.9 Å². The summed E-state index contributed by atoms with van der Waals surface area (Å²) in [5, 5.41) is 9.22. The largest absolute Gasteiger partial charge is 0.489 e. The third-order valence-electron chi connectivity index (χ3n) is 5.29. The van der Waals surface area contributed by atoms with Gasteiger partial charge in [-0.15, -0.1) is 0 Å². The Balaban J connectivity index is 1.43. The molecule has 1 heterocycles. The molecule has 0 radical (unpaired) electrons. The van der Waals surface area contributed by atoms with Crippen LogP contribution in [0.25, 0.3) is 11.1 Å². The Morgan fingerprint density at radius 3 is 2.35 bits per heavy atom. The van der Waals surface area contributed by atoms with Gasteiger partial charge in [-0.1, -0.05) is 42.5 Å². The first-order valence-electron chi connectivity index (χ1n) is 10.4. The van der Waals surface area contributed by atoms with Crippen molar-refractivity contribution in [3.05, 3.63) is 108 Å². The Morgan fingerprint density at radius 2 is 1.74 bits per heavy atom. The number of halogens is 3. The highest BCUT2D eigenvalue weighted by Gasteiger charge is 2.30. The van der Waals surface area contributed by atoms with Crippen molar-refractivity contribution in [2.45, 2.75) is 25.1 Å². The summed E-state index contributed by atoms with van der Waals surface area (Å²) in [6, 6.07) is 19.4. The molecule has 0 unspecified atom stereocenters. The number of rotatable bonds is 8. The third-order valence-corrected chi connectivity index (χ3v) is 5.29.